The van der Waals surface area contributed by atoms with Gasteiger partial charge in [0.15, 0.2) is 0 Å². The zero-order valence-corrected chi connectivity index (χ0v) is 12.5. The van der Waals surface area contributed by atoms with Crippen LogP contribution in [-0.4, -0.2) is 67.2 Å². The molecule has 3 aliphatic rings. The Morgan fingerprint density at radius 2 is 2.00 bits per heavy atom. The fourth-order valence-corrected chi connectivity index (χ4v) is 3.78. The fraction of sp³-hybridized carbons (Fsp3) is 0.933. The lowest BCUT2D eigenvalue weighted by Gasteiger charge is -2.34. The summed E-state index contributed by atoms with van der Waals surface area (Å²) in [7, 11) is 0. The number of hydrogen-bond acceptors (Lipinski definition) is 4. The Hall–Kier alpha value is -0.650. The van der Waals surface area contributed by atoms with E-state index >= 15 is 0 Å². The summed E-state index contributed by atoms with van der Waals surface area (Å²) in [5.74, 6) is 0.196. The molecule has 0 bridgehead atoms. The van der Waals surface area contributed by atoms with Gasteiger partial charge in [-0.1, -0.05) is 6.42 Å². The van der Waals surface area contributed by atoms with Crippen LogP contribution in [0.3, 0.4) is 0 Å². The summed E-state index contributed by atoms with van der Waals surface area (Å²) < 4.78 is 5.41. The molecule has 3 saturated heterocycles. The van der Waals surface area contributed by atoms with E-state index in [0.29, 0.717) is 19.3 Å². The number of likely N-dealkylation sites (tertiary alicyclic amines) is 2. The van der Waals surface area contributed by atoms with Gasteiger partial charge in [-0.15, -0.1) is 0 Å². The lowest BCUT2D eigenvalue weighted by atomic mass is 9.84. The molecular weight excluding hydrogens is 254 g/mol. The average molecular weight is 281 g/mol. The van der Waals surface area contributed by atoms with Crippen molar-refractivity contribution in [3.05, 3.63) is 0 Å². The second-order valence-corrected chi connectivity index (χ2v) is 6.83. The zero-order chi connectivity index (χ0) is 14.2. The number of hydrogen-bond donors (Lipinski definition) is 1. The number of piperidine rings is 1. The van der Waals surface area contributed by atoms with Gasteiger partial charge in [0.25, 0.3) is 0 Å². The molecule has 5 nitrogen and oxygen atoms in total. The van der Waals surface area contributed by atoms with Crippen molar-refractivity contribution in [2.45, 2.75) is 44.7 Å². The standard InChI is InChI=1S/C15H27N3O2/c1-15(11-20-10-13(15)16)14(19)18-8-5-12(9-18)17-6-3-2-4-7-17/h12-13H,2-11,16H2,1H3. The molecule has 3 unspecified atom stereocenters. The van der Waals surface area contributed by atoms with E-state index in [-0.39, 0.29) is 11.9 Å². The molecule has 3 heterocycles. The first-order chi connectivity index (χ1) is 9.61. The van der Waals surface area contributed by atoms with Gasteiger partial charge in [-0.05, 0) is 39.3 Å². The van der Waals surface area contributed by atoms with Crippen LogP contribution in [0.5, 0.6) is 0 Å². The summed E-state index contributed by atoms with van der Waals surface area (Å²) in [4.78, 5) is 17.4. The van der Waals surface area contributed by atoms with Crippen LogP contribution in [0.4, 0.5) is 0 Å². The molecule has 1 amide bonds. The highest BCUT2D eigenvalue weighted by molar-refractivity contribution is 5.84. The summed E-state index contributed by atoms with van der Waals surface area (Å²) in [5.41, 5.74) is 5.56. The quantitative estimate of drug-likeness (QED) is 0.798. The van der Waals surface area contributed by atoms with Crippen LogP contribution in [0.25, 0.3) is 0 Å². The van der Waals surface area contributed by atoms with Crippen LogP contribution >= 0.6 is 0 Å². The summed E-state index contributed by atoms with van der Waals surface area (Å²) in [6, 6.07) is 0.394. The first-order valence-electron chi connectivity index (χ1n) is 7.98. The molecule has 2 N–H and O–H groups in total. The molecule has 3 rings (SSSR count). The number of carbonyl (C=O) groups excluding carboxylic acids is 1. The van der Waals surface area contributed by atoms with Crippen molar-refractivity contribution < 1.29 is 9.53 Å². The topological polar surface area (TPSA) is 58.8 Å². The van der Waals surface area contributed by atoms with Crippen molar-refractivity contribution >= 4 is 5.91 Å². The molecule has 0 aromatic rings. The van der Waals surface area contributed by atoms with E-state index in [1.54, 1.807) is 0 Å². The molecule has 0 radical (unpaired) electrons. The Kier molecular flexibility index (Phi) is 4.02. The van der Waals surface area contributed by atoms with Gasteiger partial charge in [0.2, 0.25) is 5.91 Å². The third-order valence-corrected chi connectivity index (χ3v) is 5.36. The predicted molar refractivity (Wildman–Crippen MR) is 77.3 cm³/mol. The van der Waals surface area contributed by atoms with E-state index in [1.165, 1.54) is 32.4 Å². The monoisotopic (exact) mass is 281 g/mol. The molecule has 3 atom stereocenters. The first kappa shape index (κ1) is 14.3. The third kappa shape index (κ3) is 2.47. The van der Waals surface area contributed by atoms with Gasteiger partial charge in [0, 0.05) is 25.2 Å². The van der Waals surface area contributed by atoms with Gasteiger partial charge in [0.1, 0.15) is 0 Å². The lowest BCUT2D eigenvalue weighted by Crippen LogP contribution is -2.51. The Morgan fingerprint density at radius 3 is 2.65 bits per heavy atom. The van der Waals surface area contributed by atoms with E-state index in [4.69, 9.17) is 10.5 Å². The van der Waals surface area contributed by atoms with Gasteiger partial charge in [-0.2, -0.15) is 0 Å². The molecule has 114 valence electrons. The van der Waals surface area contributed by atoms with E-state index in [0.717, 1.165) is 19.5 Å². The summed E-state index contributed by atoms with van der Waals surface area (Å²) in [6.45, 7) is 7.09. The minimum Gasteiger partial charge on any atom is -0.379 e. The van der Waals surface area contributed by atoms with Crippen molar-refractivity contribution in [1.82, 2.24) is 9.80 Å². The molecule has 0 aromatic heterocycles. The number of ether oxygens (including phenoxy) is 1. The molecule has 5 heteroatoms. The van der Waals surface area contributed by atoms with Crippen molar-refractivity contribution in [2.24, 2.45) is 11.1 Å². The van der Waals surface area contributed by atoms with E-state index < -0.39 is 5.41 Å². The van der Waals surface area contributed by atoms with Gasteiger partial charge in [-0.25, -0.2) is 0 Å². The van der Waals surface area contributed by atoms with Gasteiger partial charge in [0.05, 0.1) is 18.6 Å². The summed E-state index contributed by atoms with van der Waals surface area (Å²) in [6.07, 6.45) is 5.08. The largest absolute Gasteiger partial charge is 0.379 e. The molecule has 20 heavy (non-hydrogen) atoms. The Bertz CT molecular complexity index is 370. The molecule has 0 aromatic carbocycles. The van der Waals surface area contributed by atoms with Crippen LogP contribution in [0.1, 0.15) is 32.6 Å². The van der Waals surface area contributed by atoms with Crippen LogP contribution in [0, 0.1) is 5.41 Å². The maximum atomic E-state index is 12.8. The molecule has 0 saturated carbocycles. The highest BCUT2D eigenvalue weighted by atomic mass is 16.5. The minimum atomic E-state index is -0.517. The van der Waals surface area contributed by atoms with E-state index in [9.17, 15) is 4.79 Å². The molecule has 0 spiro atoms. The Morgan fingerprint density at radius 1 is 1.25 bits per heavy atom. The minimum absolute atomic E-state index is 0.163. The second-order valence-electron chi connectivity index (χ2n) is 6.83. The number of carbonyl (C=O) groups is 1. The van der Waals surface area contributed by atoms with Crippen LogP contribution in [0.2, 0.25) is 0 Å². The van der Waals surface area contributed by atoms with E-state index in [1.807, 2.05) is 11.8 Å². The maximum absolute atomic E-state index is 12.8. The van der Waals surface area contributed by atoms with Gasteiger partial charge < -0.3 is 15.4 Å². The van der Waals surface area contributed by atoms with Crippen LogP contribution in [0.15, 0.2) is 0 Å². The van der Waals surface area contributed by atoms with Crippen LogP contribution < -0.4 is 5.73 Å². The average Bonchev–Trinajstić information content (AvgIpc) is 3.08. The molecule has 0 aliphatic carbocycles. The van der Waals surface area contributed by atoms with Crippen molar-refractivity contribution in [1.29, 1.82) is 0 Å². The second kappa shape index (κ2) is 5.62. The zero-order valence-electron chi connectivity index (χ0n) is 12.5. The van der Waals surface area contributed by atoms with E-state index in [2.05, 4.69) is 4.90 Å². The maximum Gasteiger partial charge on any atom is 0.232 e. The fourth-order valence-electron chi connectivity index (χ4n) is 3.78. The third-order valence-electron chi connectivity index (χ3n) is 5.36. The predicted octanol–water partition coefficient (Wildman–Crippen LogP) is 0.437. The first-order valence-corrected chi connectivity index (χ1v) is 7.98. The smallest absolute Gasteiger partial charge is 0.232 e. The highest BCUT2D eigenvalue weighted by Crippen LogP contribution is 2.31. The lowest BCUT2D eigenvalue weighted by molar-refractivity contribution is -0.140. The number of nitrogens with zero attached hydrogens (tertiary/aromatic N) is 2. The van der Waals surface area contributed by atoms with Gasteiger partial charge in [-0.3, -0.25) is 9.69 Å². The highest BCUT2D eigenvalue weighted by Gasteiger charge is 2.47. The van der Waals surface area contributed by atoms with Crippen molar-refractivity contribution in [3.8, 4) is 0 Å². The number of amides is 1. The normalized spacial score (nSPS) is 39.4. The number of nitrogens with two attached hydrogens (primary N) is 1. The van der Waals surface area contributed by atoms with Gasteiger partial charge >= 0.3 is 0 Å². The molecule has 3 fully saturated rings. The van der Waals surface area contributed by atoms with Crippen molar-refractivity contribution in [3.63, 3.8) is 0 Å². The SMILES string of the molecule is CC1(C(=O)N2CCC(N3CCCCC3)C2)COCC1N. The molecular formula is C15H27N3O2. The molecule has 3 aliphatic heterocycles. The Labute approximate surface area is 121 Å². The number of rotatable bonds is 2. The van der Waals surface area contributed by atoms with Crippen LogP contribution in [-0.2, 0) is 9.53 Å². The van der Waals surface area contributed by atoms with Crippen molar-refractivity contribution in [2.75, 3.05) is 39.4 Å². The Balaban J connectivity index is 1.60. The summed E-state index contributed by atoms with van der Waals surface area (Å²) >= 11 is 0. The summed E-state index contributed by atoms with van der Waals surface area (Å²) in [5, 5.41) is 0.